The van der Waals surface area contributed by atoms with Gasteiger partial charge >= 0.3 is 5.97 Å². The number of carboxylic acid groups (broad SMARTS) is 1. The zero-order valence-electron chi connectivity index (χ0n) is 8.94. The molecular formula is C11H20O3. The van der Waals surface area contributed by atoms with Gasteiger partial charge in [0.05, 0.1) is 12.0 Å². The summed E-state index contributed by atoms with van der Waals surface area (Å²) >= 11 is 0. The van der Waals surface area contributed by atoms with Crippen molar-refractivity contribution in [2.45, 2.75) is 45.6 Å². The summed E-state index contributed by atoms with van der Waals surface area (Å²) in [6.45, 7) is 3.76. The molecule has 4 unspecified atom stereocenters. The van der Waals surface area contributed by atoms with Crippen LogP contribution in [-0.4, -0.2) is 22.3 Å². The van der Waals surface area contributed by atoms with Gasteiger partial charge in [0, 0.05) is 0 Å². The minimum Gasteiger partial charge on any atom is -0.481 e. The molecule has 1 rings (SSSR count). The molecule has 1 aliphatic carbocycles. The molecule has 82 valence electrons. The van der Waals surface area contributed by atoms with Crippen LogP contribution < -0.4 is 0 Å². The van der Waals surface area contributed by atoms with Crippen molar-refractivity contribution in [3.63, 3.8) is 0 Å². The quantitative estimate of drug-likeness (QED) is 0.731. The Balaban J connectivity index is 2.50. The molecule has 0 saturated heterocycles. The molecule has 0 bridgehead atoms. The second kappa shape index (κ2) is 4.78. The third-order valence-corrected chi connectivity index (χ3v) is 3.36. The molecule has 0 radical (unpaired) electrons. The van der Waals surface area contributed by atoms with Crippen LogP contribution in [0.15, 0.2) is 0 Å². The number of aliphatic hydroxyl groups is 1. The molecule has 0 spiro atoms. The van der Waals surface area contributed by atoms with E-state index in [1.165, 1.54) is 6.42 Å². The number of hydrogen-bond acceptors (Lipinski definition) is 2. The third-order valence-electron chi connectivity index (χ3n) is 3.36. The van der Waals surface area contributed by atoms with Gasteiger partial charge in [0.15, 0.2) is 0 Å². The van der Waals surface area contributed by atoms with Crippen molar-refractivity contribution >= 4 is 5.97 Å². The van der Waals surface area contributed by atoms with E-state index in [9.17, 15) is 9.90 Å². The molecule has 0 aliphatic heterocycles. The van der Waals surface area contributed by atoms with Crippen LogP contribution in [-0.2, 0) is 4.79 Å². The summed E-state index contributed by atoms with van der Waals surface area (Å²) < 4.78 is 0. The maximum atomic E-state index is 10.7. The van der Waals surface area contributed by atoms with Gasteiger partial charge < -0.3 is 10.2 Å². The standard InChI is InChI=1S/C11H20O3/c1-7-4-3-5-9(6-7)10(12)8(2)11(13)14/h7-10,12H,3-6H2,1-2H3,(H,13,14). The van der Waals surface area contributed by atoms with E-state index in [1.54, 1.807) is 6.92 Å². The fourth-order valence-corrected chi connectivity index (χ4v) is 2.35. The Morgan fingerprint density at radius 1 is 1.43 bits per heavy atom. The van der Waals surface area contributed by atoms with Gasteiger partial charge in [-0.2, -0.15) is 0 Å². The van der Waals surface area contributed by atoms with Crippen LogP contribution in [0.4, 0.5) is 0 Å². The van der Waals surface area contributed by atoms with Crippen LogP contribution in [0.25, 0.3) is 0 Å². The molecule has 1 aliphatic rings. The van der Waals surface area contributed by atoms with E-state index < -0.39 is 18.0 Å². The smallest absolute Gasteiger partial charge is 0.308 e. The van der Waals surface area contributed by atoms with Gasteiger partial charge in [-0.3, -0.25) is 4.79 Å². The number of rotatable bonds is 3. The molecule has 1 saturated carbocycles. The molecule has 3 heteroatoms. The van der Waals surface area contributed by atoms with Gasteiger partial charge in [-0.15, -0.1) is 0 Å². The summed E-state index contributed by atoms with van der Waals surface area (Å²) in [7, 11) is 0. The average molecular weight is 200 g/mol. The largest absolute Gasteiger partial charge is 0.481 e. The highest BCUT2D eigenvalue weighted by Crippen LogP contribution is 2.32. The van der Waals surface area contributed by atoms with Gasteiger partial charge in [0.25, 0.3) is 0 Å². The van der Waals surface area contributed by atoms with Crippen molar-refractivity contribution in [2.24, 2.45) is 17.8 Å². The van der Waals surface area contributed by atoms with E-state index >= 15 is 0 Å². The molecule has 14 heavy (non-hydrogen) atoms. The number of carboxylic acids is 1. The Morgan fingerprint density at radius 2 is 2.07 bits per heavy atom. The lowest BCUT2D eigenvalue weighted by atomic mass is 9.76. The van der Waals surface area contributed by atoms with Gasteiger partial charge in [0.2, 0.25) is 0 Å². The van der Waals surface area contributed by atoms with Crippen LogP contribution in [0.5, 0.6) is 0 Å². The van der Waals surface area contributed by atoms with Gasteiger partial charge in [0.1, 0.15) is 0 Å². The average Bonchev–Trinajstić information content (AvgIpc) is 2.15. The molecule has 0 aromatic heterocycles. The minimum absolute atomic E-state index is 0.185. The predicted molar refractivity (Wildman–Crippen MR) is 53.9 cm³/mol. The zero-order chi connectivity index (χ0) is 10.7. The van der Waals surface area contributed by atoms with E-state index in [1.807, 2.05) is 0 Å². The molecule has 4 atom stereocenters. The van der Waals surface area contributed by atoms with Gasteiger partial charge in [-0.05, 0) is 31.6 Å². The number of aliphatic carboxylic acids is 1. The molecule has 1 fully saturated rings. The summed E-state index contributed by atoms with van der Waals surface area (Å²) in [4.78, 5) is 10.7. The maximum absolute atomic E-state index is 10.7. The molecule has 0 amide bonds. The lowest BCUT2D eigenvalue weighted by Gasteiger charge is -2.32. The summed E-state index contributed by atoms with van der Waals surface area (Å²) in [5.41, 5.74) is 0. The summed E-state index contributed by atoms with van der Waals surface area (Å²) in [6.07, 6.45) is 3.61. The Morgan fingerprint density at radius 3 is 2.57 bits per heavy atom. The first-order valence-corrected chi connectivity index (χ1v) is 5.43. The molecule has 0 aromatic rings. The third kappa shape index (κ3) is 2.71. The predicted octanol–water partition coefficient (Wildman–Crippen LogP) is 1.89. The highest BCUT2D eigenvalue weighted by molar-refractivity contribution is 5.70. The van der Waals surface area contributed by atoms with Crippen molar-refractivity contribution in [1.29, 1.82) is 0 Å². The van der Waals surface area contributed by atoms with Crippen molar-refractivity contribution in [2.75, 3.05) is 0 Å². The van der Waals surface area contributed by atoms with Crippen molar-refractivity contribution in [3.05, 3.63) is 0 Å². The lowest BCUT2D eigenvalue weighted by Crippen LogP contribution is -2.34. The minimum atomic E-state index is -0.893. The first-order chi connectivity index (χ1) is 6.52. The van der Waals surface area contributed by atoms with Crippen molar-refractivity contribution in [1.82, 2.24) is 0 Å². The number of aliphatic hydroxyl groups excluding tert-OH is 1. The van der Waals surface area contributed by atoms with Crippen LogP contribution >= 0.6 is 0 Å². The first-order valence-electron chi connectivity index (χ1n) is 5.43. The van der Waals surface area contributed by atoms with E-state index in [2.05, 4.69) is 6.92 Å². The van der Waals surface area contributed by atoms with Crippen LogP contribution in [0.1, 0.15) is 39.5 Å². The van der Waals surface area contributed by atoms with Crippen LogP contribution in [0.3, 0.4) is 0 Å². The topological polar surface area (TPSA) is 57.5 Å². The molecule has 3 nitrogen and oxygen atoms in total. The normalized spacial score (nSPS) is 32.2. The highest BCUT2D eigenvalue weighted by Gasteiger charge is 2.31. The Kier molecular flexibility index (Phi) is 3.93. The lowest BCUT2D eigenvalue weighted by molar-refractivity contribution is -0.146. The second-order valence-corrected chi connectivity index (χ2v) is 4.65. The number of carbonyl (C=O) groups is 1. The fourth-order valence-electron chi connectivity index (χ4n) is 2.35. The second-order valence-electron chi connectivity index (χ2n) is 4.65. The zero-order valence-corrected chi connectivity index (χ0v) is 8.94. The molecule has 0 heterocycles. The summed E-state index contributed by atoms with van der Waals surface area (Å²) in [5.74, 6) is -0.713. The van der Waals surface area contributed by atoms with E-state index in [0.29, 0.717) is 5.92 Å². The van der Waals surface area contributed by atoms with Crippen molar-refractivity contribution < 1.29 is 15.0 Å². The summed E-state index contributed by atoms with van der Waals surface area (Å²) in [6, 6.07) is 0. The summed E-state index contributed by atoms with van der Waals surface area (Å²) in [5, 5.41) is 18.6. The van der Waals surface area contributed by atoms with E-state index in [0.717, 1.165) is 19.3 Å². The SMILES string of the molecule is CC1CCCC(C(O)C(C)C(=O)O)C1. The molecule has 0 aromatic carbocycles. The van der Waals surface area contributed by atoms with Crippen LogP contribution in [0.2, 0.25) is 0 Å². The fraction of sp³-hybridized carbons (Fsp3) is 0.909. The van der Waals surface area contributed by atoms with Gasteiger partial charge in [-0.25, -0.2) is 0 Å². The van der Waals surface area contributed by atoms with Gasteiger partial charge in [-0.1, -0.05) is 19.8 Å². The van der Waals surface area contributed by atoms with Crippen LogP contribution in [0, 0.1) is 17.8 Å². The Hall–Kier alpha value is -0.570. The van der Waals surface area contributed by atoms with Crippen molar-refractivity contribution in [3.8, 4) is 0 Å². The first kappa shape index (κ1) is 11.5. The van der Waals surface area contributed by atoms with E-state index in [4.69, 9.17) is 5.11 Å². The molecular weight excluding hydrogens is 180 g/mol. The Bertz CT molecular complexity index is 203. The highest BCUT2D eigenvalue weighted by atomic mass is 16.4. The monoisotopic (exact) mass is 200 g/mol. The number of hydrogen-bond donors (Lipinski definition) is 2. The maximum Gasteiger partial charge on any atom is 0.308 e. The van der Waals surface area contributed by atoms with E-state index in [-0.39, 0.29) is 5.92 Å². The Labute approximate surface area is 85.1 Å². The molecule has 2 N–H and O–H groups in total.